The largest absolute Gasteiger partial charge is 0.332 e. The summed E-state index contributed by atoms with van der Waals surface area (Å²) >= 11 is 0. The zero-order valence-corrected chi connectivity index (χ0v) is 12.6. The van der Waals surface area contributed by atoms with Crippen LogP contribution in [0.5, 0.6) is 0 Å². The van der Waals surface area contributed by atoms with Crippen molar-refractivity contribution in [2.75, 3.05) is 6.54 Å². The van der Waals surface area contributed by atoms with E-state index in [-0.39, 0.29) is 23.1 Å². The van der Waals surface area contributed by atoms with Gasteiger partial charge in [0.05, 0.1) is 12.5 Å². The lowest BCUT2D eigenvalue weighted by atomic mass is 9.85. The van der Waals surface area contributed by atoms with Crippen LogP contribution in [0.15, 0.2) is 30.3 Å². The summed E-state index contributed by atoms with van der Waals surface area (Å²) in [6.07, 6.45) is 2.11. The molecule has 3 heteroatoms. The Labute approximate surface area is 121 Å². The second-order valence-corrected chi connectivity index (χ2v) is 6.52. The molecule has 0 unspecified atom stereocenters. The summed E-state index contributed by atoms with van der Waals surface area (Å²) in [6.45, 7) is 6.48. The van der Waals surface area contributed by atoms with Crippen LogP contribution in [-0.4, -0.2) is 29.2 Å². The molecule has 3 nitrogen and oxygen atoms in total. The number of hydrogen-bond acceptors (Lipinski definition) is 2. The predicted molar refractivity (Wildman–Crippen MR) is 79.3 cm³/mol. The van der Waals surface area contributed by atoms with Crippen LogP contribution >= 0.6 is 0 Å². The number of amides is 1. The van der Waals surface area contributed by atoms with E-state index in [2.05, 4.69) is 0 Å². The molecule has 0 N–H and O–H groups in total. The summed E-state index contributed by atoms with van der Waals surface area (Å²) < 4.78 is 0. The summed E-state index contributed by atoms with van der Waals surface area (Å²) in [7, 11) is 0. The molecule has 1 atom stereocenters. The molecule has 0 bridgehead atoms. The van der Waals surface area contributed by atoms with Crippen LogP contribution in [0.2, 0.25) is 0 Å². The Morgan fingerprint density at radius 2 is 1.85 bits per heavy atom. The molecule has 0 saturated carbocycles. The van der Waals surface area contributed by atoms with Crippen molar-refractivity contribution in [2.24, 2.45) is 5.41 Å². The van der Waals surface area contributed by atoms with E-state index >= 15 is 0 Å². The van der Waals surface area contributed by atoms with Crippen LogP contribution in [0.4, 0.5) is 0 Å². The predicted octanol–water partition coefficient (Wildman–Crippen LogP) is 2.84. The lowest BCUT2D eigenvalue weighted by molar-refractivity contribution is -0.140. The van der Waals surface area contributed by atoms with Gasteiger partial charge in [-0.15, -0.1) is 0 Å². The average molecular weight is 273 g/mol. The number of rotatable bonds is 3. The van der Waals surface area contributed by atoms with Gasteiger partial charge in [-0.05, 0) is 18.4 Å². The van der Waals surface area contributed by atoms with E-state index in [4.69, 9.17) is 0 Å². The summed E-state index contributed by atoms with van der Waals surface area (Å²) in [6, 6.07) is 9.49. The molecule has 0 radical (unpaired) electrons. The third kappa shape index (κ3) is 3.27. The quantitative estimate of drug-likeness (QED) is 0.849. The van der Waals surface area contributed by atoms with Gasteiger partial charge in [-0.3, -0.25) is 9.59 Å². The Kier molecular flexibility index (Phi) is 4.26. The maximum Gasteiger partial charge on any atom is 0.227 e. The number of ketones is 1. The molecule has 1 saturated heterocycles. The van der Waals surface area contributed by atoms with E-state index in [1.807, 2.05) is 51.1 Å². The third-order valence-electron chi connectivity index (χ3n) is 3.81. The highest BCUT2D eigenvalue weighted by Crippen LogP contribution is 2.27. The number of benzene rings is 1. The molecule has 0 spiro atoms. The molecule has 1 aliphatic rings. The van der Waals surface area contributed by atoms with Crippen LogP contribution in [0.1, 0.15) is 39.2 Å². The van der Waals surface area contributed by atoms with Crippen LogP contribution in [0.3, 0.4) is 0 Å². The van der Waals surface area contributed by atoms with Gasteiger partial charge in [0.2, 0.25) is 5.91 Å². The Morgan fingerprint density at radius 3 is 2.45 bits per heavy atom. The van der Waals surface area contributed by atoms with Crippen molar-refractivity contribution in [3.63, 3.8) is 0 Å². The SMILES string of the molecule is CC(C)(C)C(=O)[C@@H]1CCCN1C(=O)Cc1ccccc1. The van der Waals surface area contributed by atoms with Crippen molar-refractivity contribution in [3.05, 3.63) is 35.9 Å². The Balaban J connectivity index is 2.07. The molecule has 0 aromatic heterocycles. The number of carbonyl (C=O) groups excluding carboxylic acids is 2. The molecule has 1 fully saturated rings. The maximum absolute atomic E-state index is 12.4. The first kappa shape index (κ1) is 14.8. The molecule has 1 aliphatic heterocycles. The molecule has 108 valence electrons. The highest BCUT2D eigenvalue weighted by molar-refractivity contribution is 5.93. The van der Waals surface area contributed by atoms with Crippen LogP contribution in [-0.2, 0) is 16.0 Å². The fourth-order valence-corrected chi connectivity index (χ4v) is 2.71. The van der Waals surface area contributed by atoms with Gasteiger partial charge in [0, 0.05) is 12.0 Å². The minimum Gasteiger partial charge on any atom is -0.332 e. The monoisotopic (exact) mass is 273 g/mol. The minimum atomic E-state index is -0.389. The number of hydrogen-bond donors (Lipinski definition) is 0. The number of carbonyl (C=O) groups is 2. The Hall–Kier alpha value is -1.64. The van der Waals surface area contributed by atoms with E-state index in [9.17, 15) is 9.59 Å². The van der Waals surface area contributed by atoms with Crippen LogP contribution in [0, 0.1) is 5.41 Å². The average Bonchev–Trinajstić information content (AvgIpc) is 2.87. The molecular formula is C17H23NO2. The fraction of sp³-hybridized carbons (Fsp3) is 0.529. The molecule has 1 aromatic rings. The zero-order valence-electron chi connectivity index (χ0n) is 12.6. The van der Waals surface area contributed by atoms with Crippen molar-refractivity contribution < 1.29 is 9.59 Å². The number of Topliss-reactive ketones (excluding diaryl/α,β-unsaturated/α-hetero) is 1. The normalized spacial score (nSPS) is 19.1. The van der Waals surface area contributed by atoms with Gasteiger partial charge in [-0.25, -0.2) is 0 Å². The summed E-state index contributed by atoms with van der Waals surface area (Å²) in [5, 5.41) is 0. The number of likely N-dealkylation sites (tertiary alicyclic amines) is 1. The fourth-order valence-electron chi connectivity index (χ4n) is 2.71. The third-order valence-corrected chi connectivity index (χ3v) is 3.81. The highest BCUT2D eigenvalue weighted by atomic mass is 16.2. The first-order valence-corrected chi connectivity index (χ1v) is 7.27. The Bertz CT molecular complexity index is 487. The second kappa shape index (κ2) is 5.78. The van der Waals surface area contributed by atoms with E-state index in [1.54, 1.807) is 4.90 Å². The van der Waals surface area contributed by atoms with Crippen molar-refractivity contribution in [3.8, 4) is 0 Å². The molecule has 1 amide bonds. The molecule has 0 aliphatic carbocycles. The first-order valence-electron chi connectivity index (χ1n) is 7.27. The number of nitrogens with zero attached hydrogens (tertiary/aromatic N) is 1. The smallest absolute Gasteiger partial charge is 0.227 e. The van der Waals surface area contributed by atoms with E-state index in [0.717, 1.165) is 18.4 Å². The molecule has 2 rings (SSSR count). The van der Waals surface area contributed by atoms with Gasteiger partial charge in [-0.2, -0.15) is 0 Å². The van der Waals surface area contributed by atoms with Gasteiger partial charge in [-0.1, -0.05) is 51.1 Å². The second-order valence-electron chi connectivity index (χ2n) is 6.52. The van der Waals surface area contributed by atoms with E-state index in [1.165, 1.54) is 0 Å². The van der Waals surface area contributed by atoms with Crippen LogP contribution < -0.4 is 0 Å². The summed E-state index contributed by atoms with van der Waals surface area (Å²) in [4.78, 5) is 26.6. The molecule has 1 heterocycles. The van der Waals surface area contributed by atoms with E-state index < -0.39 is 0 Å². The van der Waals surface area contributed by atoms with E-state index in [0.29, 0.717) is 13.0 Å². The van der Waals surface area contributed by atoms with Gasteiger partial charge >= 0.3 is 0 Å². The maximum atomic E-state index is 12.4. The van der Waals surface area contributed by atoms with Crippen molar-refractivity contribution in [1.82, 2.24) is 4.90 Å². The highest BCUT2D eigenvalue weighted by Gasteiger charge is 2.38. The molecular weight excluding hydrogens is 250 g/mol. The van der Waals surface area contributed by atoms with Crippen molar-refractivity contribution in [2.45, 2.75) is 46.1 Å². The van der Waals surface area contributed by atoms with Gasteiger partial charge < -0.3 is 4.90 Å². The topological polar surface area (TPSA) is 37.4 Å². The van der Waals surface area contributed by atoms with Crippen molar-refractivity contribution in [1.29, 1.82) is 0 Å². The standard InChI is InChI=1S/C17H23NO2/c1-17(2,3)16(20)14-10-7-11-18(14)15(19)12-13-8-5-4-6-9-13/h4-6,8-9,14H,7,10-12H2,1-3H3/t14-/m0/s1. The van der Waals surface area contributed by atoms with Gasteiger partial charge in [0.1, 0.15) is 0 Å². The van der Waals surface area contributed by atoms with Crippen LogP contribution in [0.25, 0.3) is 0 Å². The van der Waals surface area contributed by atoms with Gasteiger partial charge in [0.25, 0.3) is 0 Å². The van der Waals surface area contributed by atoms with Crippen molar-refractivity contribution >= 4 is 11.7 Å². The molecule has 20 heavy (non-hydrogen) atoms. The first-order chi connectivity index (χ1) is 9.39. The van der Waals surface area contributed by atoms with Gasteiger partial charge in [0.15, 0.2) is 5.78 Å². The zero-order chi connectivity index (χ0) is 14.8. The lowest BCUT2D eigenvalue weighted by Gasteiger charge is -2.29. The lowest BCUT2D eigenvalue weighted by Crippen LogP contribution is -2.45. The summed E-state index contributed by atoms with van der Waals surface area (Å²) in [5.41, 5.74) is 0.617. The minimum absolute atomic E-state index is 0.0660. The molecule has 1 aromatic carbocycles. The summed E-state index contributed by atoms with van der Waals surface area (Å²) in [5.74, 6) is 0.243. The Morgan fingerprint density at radius 1 is 1.20 bits per heavy atom.